The van der Waals surface area contributed by atoms with Gasteiger partial charge in [0.2, 0.25) is 0 Å². The fourth-order valence-electron chi connectivity index (χ4n) is 2.95. The van der Waals surface area contributed by atoms with Crippen molar-refractivity contribution in [2.45, 2.75) is 24.3 Å². The molecule has 1 fully saturated rings. The molecule has 0 aliphatic carbocycles. The Balaban J connectivity index is 1.64. The zero-order valence-electron chi connectivity index (χ0n) is 14.4. The molecule has 0 unspecified atom stereocenters. The van der Waals surface area contributed by atoms with Gasteiger partial charge in [-0.05, 0) is 50.2 Å². The smallest absolute Gasteiger partial charge is 0.260 e. The quantitative estimate of drug-likeness (QED) is 0.722. The number of hydrogen-bond donors (Lipinski definition) is 1. The molecule has 1 N–H and O–H groups in total. The Hall–Kier alpha value is -1.63. The second kappa shape index (κ2) is 9.35. The molecule has 4 nitrogen and oxygen atoms in total. The summed E-state index contributed by atoms with van der Waals surface area (Å²) in [5.41, 5.74) is 0.419. The van der Waals surface area contributed by atoms with Crippen LogP contribution >= 0.6 is 23.4 Å². The average Bonchev–Trinajstić information content (AvgIpc) is 2.64. The Bertz CT molecular complexity index is 748. The molecule has 0 radical (unpaired) electrons. The number of hydrogen-bond acceptors (Lipinski definition) is 4. The van der Waals surface area contributed by atoms with Gasteiger partial charge in [-0.3, -0.25) is 4.79 Å². The molecule has 1 aliphatic heterocycles. The summed E-state index contributed by atoms with van der Waals surface area (Å²) in [5.74, 6) is -0.322. The molecule has 138 valence electrons. The summed E-state index contributed by atoms with van der Waals surface area (Å²) in [4.78, 5) is 19.3. The summed E-state index contributed by atoms with van der Waals surface area (Å²) < 4.78 is 13.9. The lowest BCUT2D eigenvalue weighted by molar-refractivity contribution is 0.102. The zero-order chi connectivity index (χ0) is 18.4. The summed E-state index contributed by atoms with van der Waals surface area (Å²) in [6.07, 6.45) is 5.53. The van der Waals surface area contributed by atoms with Crippen LogP contribution in [0.2, 0.25) is 5.02 Å². The highest BCUT2D eigenvalue weighted by Crippen LogP contribution is 2.27. The van der Waals surface area contributed by atoms with E-state index in [1.807, 2.05) is 0 Å². The van der Waals surface area contributed by atoms with E-state index < -0.39 is 11.7 Å². The summed E-state index contributed by atoms with van der Waals surface area (Å²) in [5, 5.41) is 3.55. The van der Waals surface area contributed by atoms with E-state index in [0.717, 1.165) is 30.4 Å². The molecule has 0 bridgehead atoms. The first-order valence-electron chi connectivity index (χ1n) is 8.70. The number of thioether (sulfide) groups is 1. The van der Waals surface area contributed by atoms with Gasteiger partial charge in [-0.2, -0.15) is 0 Å². The van der Waals surface area contributed by atoms with E-state index in [1.165, 1.54) is 37.5 Å². The lowest BCUT2D eigenvalue weighted by Crippen LogP contribution is -2.31. The summed E-state index contributed by atoms with van der Waals surface area (Å²) >= 11 is 7.56. The number of anilines is 1. The highest BCUT2D eigenvalue weighted by molar-refractivity contribution is 7.99. The molecule has 2 aromatic rings. The summed E-state index contributed by atoms with van der Waals surface area (Å²) in [7, 11) is 0. The van der Waals surface area contributed by atoms with Crippen molar-refractivity contribution in [3.63, 3.8) is 0 Å². The molecule has 7 heteroatoms. The molecule has 1 saturated heterocycles. The van der Waals surface area contributed by atoms with Gasteiger partial charge in [-0.1, -0.05) is 24.1 Å². The number of amides is 1. The molecule has 0 spiro atoms. The molecule has 1 aliphatic rings. The van der Waals surface area contributed by atoms with Crippen molar-refractivity contribution in [3.05, 3.63) is 52.9 Å². The molecule has 2 heterocycles. The van der Waals surface area contributed by atoms with E-state index in [2.05, 4.69) is 15.2 Å². The molecule has 3 rings (SSSR count). The fourth-order valence-corrected chi connectivity index (χ4v) is 4.16. The first-order valence-corrected chi connectivity index (χ1v) is 10.1. The highest BCUT2D eigenvalue weighted by Gasteiger charge is 2.18. The summed E-state index contributed by atoms with van der Waals surface area (Å²) in [6.45, 7) is 3.30. The lowest BCUT2D eigenvalue weighted by atomic mass is 10.1. The predicted octanol–water partition coefficient (Wildman–Crippen LogP) is 4.70. The van der Waals surface area contributed by atoms with Gasteiger partial charge in [0.25, 0.3) is 5.91 Å². The van der Waals surface area contributed by atoms with Crippen molar-refractivity contribution in [2.24, 2.45) is 0 Å². The van der Waals surface area contributed by atoms with Crippen LogP contribution in [-0.4, -0.2) is 41.2 Å². The highest BCUT2D eigenvalue weighted by atomic mass is 35.5. The maximum absolute atomic E-state index is 13.9. The maximum Gasteiger partial charge on any atom is 0.260 e. The topological polar surface area (TPSA) is 45.2 Å². The fraction of sp³-hybridized carbons (Fsp3) is 0.368. The largest absolute Gasteiger partial charge is 0.319 e. The number of likely N-dealkylation sites (tertiary alicyclic amines) is 1. The van der Waals surface area contributed by atoms with Crippen molar-refractivity contribution >= 4 is 35.0 Å². The van der Waals surface area contributed by atoms with Crippen LogP contribution in [-0.2, 0) is 0 Å². The van der Waals surface area contributed by atoms with Crippen LogP contribution < -0.4 is 5.32 Å². The van der Waals surface area contributed by atoms with Crippen LogP contribution in [0.4, 0.5) is 10.1 Å². The van der Waals surface area contributed by atoms with Crippen molar-refractivity contribution < 1.29 is 9.18 Å². The van der Waals surface area contributed by atoms with Gasteiger partial charge in [0.05, 0.1) is 16.3 Å². The van der Waals surface area contributed by atoms with E-state index in [-0.39, 0.29) is 10.6 Å². The minimum atomic E-state index is -0.641. The minimum absolute atomic E-state index is 0.0886. The Labute approximate surface area is 162 Å². The van der Waals surface area contributed by atoms with Gasteiger partial charge in [0.15, 0.2) is 0 Å². The third-order valence-corrected chi connectivity index (χ3v) is 5.60. The molecular formula is C19H21ClFN3OS. The molecule has 1 aromatic heterocycles. The second-order valence-corrected chi connectivity index (χ2v) is 7.65. The van der Waals surface area contributed by atoms with E-state index >= 15 is 0 Å². The molecule has 0 atom stereocenters. The molecule has 26 heavy (non-hydrogen) atoms. The van der Waals surface area contributed by atoms with Crippen molar-refractivity contribution in [1.82, 2.24) is 9.88 Å². The average molecular weight is 394 g/mol. The van der Waals surface area contributed by atoms with Gasteiger partial charge in [0, 0.05) is 18.5 Å². The number of piperidine rings is 1. The number of halogens is 2. The normalized spacial score (nSPS) is 15.0. The summed E-state index contributed by atoms with van der Waals surface area (Å²) in [6, 6.07) is 7.70. The Morgan fingerprint density at radius 1 is 1.23 bits per heavy atom. The number of nitrogens with zero attached hydrogens (tertiary/aromatic N) is 2. The van der Waals surface area contributed by atoms with Crippen LogP contribution in [0.1, 0.15) is 29.6 Å². The van der Waals surface area contributed by atoms with Crippen molar-refractivity contribution in [2.75, 3.05) is 30.7 Å². The van der Waals surface area contributed by atoms with Crippen molar-refractivity contribution in [1.29, 1.82) is 0 Å². The van der Waals surface area contributed by atoms with E-state index in [0.29, 0.717) is 5.69 Å². The van der Waals surface area contributed by atoms with E-state index in [1.54, 1.807) is 30.1 Å². The monoisotopic (exact) mass is 393 g/mol. The van der Waals surface area contributed by atoms with Crippen LogP contribution in [0.25, 0.3) is 0 Å². The van der Waals surface area contributed by atoms with E-state index in [9.17, 15) is 9.18 Å². The number of rotatable bonds is 6. The Morgan fingerprint density at radius 3 is 2.81 bits per heavy atom. The standard InChI is InChI=1S/C19H21ClFN3OS/c20-14-6-4-7-15(21)17(14)18(25)23-16-8-5-9-22-19(16)26-13-12-24-10-2-1-3-11-24/h4-9H,1-3,10-13H2,(H,23,25). The van der Waals surface area contributed by atoms with Crippen LogP contribution in [0, 0.1) is 5.82 Å². The van der Waals surface area contributed by atoms with Crippen LogP contribution in [0.15, 0.2) is 41.6 Å². The number of benzene rings is 1. The van der Waals surface area contributed by atoms with Crippen LogP contribution in [0.3, 0.4) is 0 Å². The van der Waals surface area contributed by atoms with Gasteiger partial charge >= 0.3 is 0 Å². The molecule has 0 saturated carbocycles. The molecule has 1 amide bonds. The lowest BCUT2D eigenvalue weighted by Gasteiger charge is -2.26. The Morgan fingerprint density at radius 2 is 2.04 bits per heavy atom. The third kappa shape index (κ3) is 4.96. The molecular weight excluding hydrogens is 373 g/mol. The van der Waals surface area contributed by atoms with Crippen LogP contribution in [0.5, 0.6) is 0 Å². The molecule has 1 aromatic carbocycles. The van der Waals surface area contributed by atoms with Crippen molar-refractivity contribution in [3.8, 4) is 0 Å². The second-order valence-electron chi connectivity index (χ2n) is 6.16. The first kappa shape index (κ1) is 19.1. The predicted molar refractivity (Wildman–Crippen MR) is 105 cm³/mol. The Kier molecular flexibility index (Phi) is 6.88. The number of carbonyl (C=O) groups is 1. The van der Waals surface area contributed by atoms with Gasteiger partial charge in [0.1, 0.15) is 10.8 Å². The third-order valence-electron chi connectivity index (χ3n) is 4.30. The first-order chi connectivity index (χ1) is 12.6. The number of pyridine rings is 1. The van der Waals surface area contributed by atoms with Gasteiger partial charge in [-0.25, -0.2) is 9.37 Å². The maximum atomic E-state index is 13.9. The SMILES string of the molecule is O=C(Nc1cccnc1SCCN1CCCCC1)c1c(F)cccc1Cl. The minimum Gasteiger partial charge on any atom is -0.319 e. The number of nitrogens with one attached hydrogen (secondary N) is 1. The number of aromatic nitrogens is 1. The van der Waals surface area contributed by atoms with Gasteiger partial charge in [-0.15, -0.1) is 11.8 Å². The van der Waals surface area contributed by atoms with Gasteiger partial charge < -0.3 is 10.2 Å². The zero-order valence-corrected chi connectivity index (χ0v) is 16.0. The van der Waals surface area contributed by atoms with E-state index in [4.69, 9.17) is 11.6 Å². The number of carbonyl (C=O) groups excluding carboxylic acids is 1.